The van der Waals surface area contributed by atoms with Crippen LogP contribution >= 0.6 is 0 Å². The average Bonchev–Trinajstić information content (AvgIpc) is 2.71. The first-order valence-electron chi connectivity index (χ1n) is 5.47. The molecular weight excluding hydrogens is 176 g/mol. The quantitative estimate of drug-likeness (QED) is 0.540. The molecule has 0 N–H and O–H groups in total. The standard InChI is InChI=1S/C11H18N2O/c1-10-4-8-13(9-5-10)11(14)12-6-2-3-7-12/h4H,2-3,5-9H2,1H3. The Balaban J connectivity index is 1.92. The lowest BCUT2D eigenvalue weighted by Crippen LogP contribution is -2.43. The van der Waals surface area contributed by atoms with Crippen LogP contribution in [0.4, 0.5) is 4.79 Å². The average molecular weight is 194 g/mol. The summed E-state index contributed by atoms with van der Waals surface area (Å²) in [6.07, 6.45) is 5.56. The van der Waals surface area contributed by atoms with E-state index in [1.165, 1.54) is 18.4 Å². The summed E-state index contributed by atoms with van der Waals surface area (Å²) in [5.74, 6) is 0. The van der Waals surface area contributed by atoms with Crippen molar-refractivity contribution in [3.8, 4) is 0 Å². The highest BCUT2D eigenvalue weighted by molar-refractivity contribution is 5.75. The van der Waals surface area contributed by atoms with Crippen LogP contribution in [0.15, 0.2) is 11.6 Å². The molecule has 0 aromatic rings. The van der Waals surface area contributed by atoms with E-state index in [4.69, 9.17) is 0 Å². The minimum absolute atomic E-state index is 0.242. The minimum Gasteiger partial charge on any atom is -0.325 e. The smallest absolute Gasteiger partial charge is 0.320 e. The van der Waals surface area contributed by atoms with Crippen LogP contribution in [0.5, 0.6) is 0 Å². The number of carbonyl (C=O) groups is 1. The molecule has 0 aromatic heterocycles. The van der Waals surface area contributed by atoms with Gasteiger partial charge in [0.05, 0.1) is 0 Å². The van der Waals surface area contributed by atoms with Gasteiger partial charge in [0.1, 0.15) is 0 Å². The molecule has 14 heavy (non-hydrogen) atoms. The third kappa shape index (κ3) is 1.91. The highest BCUT2D eigenvalue weighted by atomic mass is 16.2. The largest absolute Gasteiger partial charge is 0.325 e. The van der Waals surface area contributed by atoms with Crippen LogP contribution in [0.2, 0.25) is 0 Å². The Hall–Kier alpha value is -0.990. The zero-order valence-corrected chi connectivity index (χ0v) is 8.83. The maximum absolute atomic E-state index is 11.9. The molecule has 2 amide bonds. The topological polar surface area (TPSA) is 23.6 Å². The predicted molar refractivity (Wildman–Crippen MR) is 56.2 cm³/mol. The number of urea groups is 1. The molecular formula is C11H18N2O. The van der Waals surface area contributed by atoms with E-state index in [9.17, 15) is 4.79 Å². The van der Waals surface area contributed by atoms with Gasteiger partial charge in [-0.15, -0.1) is 0 Å². The zero-order chi connectivity index (χ0) is 9.97. The van der Waals surface area contributed by atoms with E-state index in [0.717, 1.165) is 32.6 Å². The second-order valence-electron chi connectivity index (χ2n) is 4.22. The molecule has 3 heteroatoms. The van der Waals surface area contributed by atoms with Gasteiger partial charge in [0.2, 0.25) is 0 Å². The summed E-state index contributed by atoms with van der Waals surface area (Å²) >= 11 is 0. The molecule has 78 valence electrons. The Kier molecular flexibility index (Phi) is 2.75. The van der Waals surface area contributed by atoms with Crippen molar-refractivity contribution in [2.45, 2.75) is 26.2 Å². The van der Waals surface area contributed by atoms with Crippen molar-refractivity contribution < 1.29 is 4.79 Å². The number of nitrogens with zero attached hydrogens (tertiary/aromatic N) is 2. The molecule has 0 spiro atoms. The first kappa shape index (κ1) is 9.56. The van der Waals surface area contributed by atoms with Crippen LogP contribution in [-0.4, -0.2) is 42.0 Å². The Morgan fingerprint density at radius 3 is 2.50 bits per heavy atom. The summed E-state index contributed by atoms with van der Waals surface area (Å²) < 4.78 is 0. The van der Waals surface area contributed by atoms with E-state index in [1.54, 1.807) is 0 Å². The molecule has 1 fully saturated rings. The van der Waals surface area contributed by atoms with Gasteiger partial charge in [-0.2, -0.15) is 0 Å². The van der Waals surface area contributed by atoms with Gasteiger partial charge in [-0.3, -0.25) is 0 Å². The van der Waals surface area contributed by atoms with Gasteiger partial charge >= 0.3 is 6.03 Å². The molecule has 2 rings (SSSR count). The fraction of sp³-hybridized carbons (Fsp3) is 0.727. The lowest BCUT2D eigenvalue weighted by molar-refractivity contribution is 0.166. The van der Waals surface area contributed by atoms with Crippen LogP contribution in [-0.2, 0) is 0 Å². The summed E-state index contributed by atoms with van der Waals surface area (Å²) in [4.78, 5) is 15.9. The van der Waals surface area contributed by atoms with Gasteiger partial charge in [-0.1, -0.05) is 11.6 Å². The van der Waals surface area contributed by atoms with Crippen molar-refractivity contribution in [1.82, 2.24) is 9.80 Å². The summed E-state index contributed by atoms with van der Waals surface area (Å²) in [6.45, 7) is 5.76. The zero-order valence-electron chi connectivity index (χ0n) is 8.83. The van der Waals surface area contributed by atoms with E-state index in [1.807, 2.05) is 9.80 Å². The molecule has 0 unspecified atom stereocenters. The molecule has 0 atom stereocenters. The van der Waals surface area contributed by atoms with Gasteiger partial charge in [0, 0.05) is 26.2 Å². The van der Waals surface area contributed by atoms with Crippen molar-refractivity contribution >= 4 is 6.03 Å². The van der Waals surface area contributed by atoms with Crippen molar-refractivity contribution in [2.75, 3.05) is 26.2 Å². The van der Waals surface area contributed by atoms with Crippen molar-refractivity contribution in [1.29, 1.82) is 0 Å². The number of carbonyl (C=O) groups excluding carboxylic acids is 1. The fourth-order valence-corrected chi connectivity index (χ4v) is 2.05. The Labute approximate surface area is 85.4 Å². The molecule has 0 aromatic carbocycles. The van der Waals surface area contributed by atoms with Gasteiger partial charge < -0.3 is 9.80 Å². The second-order valence-corrected chi connectivity index (χ2v) is 4.22. The highest BCUT2D eigenvalue weighted by Crippen LogP contribution is 2.15. The number of rotatable bonds is 0. The van der Waals surface area contributed by atoms with Crippen molar-refractivity contribution in [2.24, 2.45) is 0 Å². The Morgan fingerprint density at radius 2 is 1.93 bits per heavy atom. The summed E-state index contributed by atoms with van der Waals surface area (Å²) in [7, 11) is 0. The summed E-state index contributed by atoms with van der Waals surface area (Å²) in [5.41, 5.74) is 1.41. The van der Waals surface area contributed by atoms with E-state index in [-0.39, 0.29) is 6.03 Å². The predicted octanol–water partition coefficient (Wildman–Crippen LogP) is 1.85. The van der Waals surface area contributed by atoms with Crippen LogP contribution in [0.3, 0.4) is 0 Å². The molecule has 1 saturated heterocycles. The van der Waals surface area contributed by atoms with Gasteiger partial charge in [-0.25, -0.2) is 4.79 Å². The molecule has 0 bridgehead atoms. The monoisotopic (exact) mass is 194 g/mol. The minimum atomic E-state index is 0.242. The fourth-order valence-electron chi connectivity index (χ4n) is 2.05. The maximum atomic E-state index is 11.9. The third-order valence-electron chi connectivity index (χ3n) is 3.08. The SMILES string of the molecule is CC1=CCN(C(=O)N2CCCC2)CC1. The Bertz CT molecular complexity index is 254. The Morgan fingerprint density at radius 1 is 1.21 bits per heavy atom. The second kappa shape index (κ2) is 4.03. The number of likely N-dealkylation sites (tertiary alicyclic amines) is 1. The molecule has 0 radical (unpaired) electrons. The number of hydrogen-bond acceptors (Lipinski definition) is 1. The lowest BCUT2D eigenvalue weighted by Gasteiger charge is -2.29. The van der Waals surface area contributed by atoms with Gasteiger partial charge in [0.15, 0.2) is 0 Å². The van der Waals surface area contributed by atoms with Crippen LogP contribution in [0.1, 0.15) is 26.2 Å². The molecule has 2 aliphatic rings. The third-order valence-corrected chi connectivity index (χ3v) is 3.08. The molecule has 3 nitrogen and oxygen atoms in total. The van der Waals surface area contributed by atoms with Crippen molar-refractivity contribution in [3.63, 3.8) is 0 Å². The summed E-state index contributed by atoms with van der Waals surface area (Å²) in [5, 5.41) is 0. The first-order chi connectivity index (χ1) is 6.77. The summed E-state index contributed by atoms with van der Waals surface area (Å²) in [6, 6.07) is 0.242. The highest BCUT2D eigenvalue weighted by Gasteiger charge is 2.23. The first-order valence-corrected chi connectivity index (χ1v) is 5.47. The van der Waals surface area contributed by atoms with Crippen LogP contribution < -0.4 is 0 Å². The maximum Gasteiger partial charge on any atom is 0.320 e. The van der Waals surface area contributed by atoms with Crippen LogP contribution in [0.25, 0.3) is 0 Å². The van der Waals surface area contributed by atoms with Gasteiger partial charge in [-0.05, 0) is 26.2 Å². The number of hydrogen-bond donors (Lipinski definition) is 0. The normalized spacial score (nSPS) is 22.5. The van der Waals surface area contributed by atoms with E-state index in [0.29, 0.717) is 0 Å². The van der Waals surface area contributed by atoms with E-state index < -0.39 is 0 Å². The van der Waals surface area contributed by atoms with E-state index in [2.05, 4.69) is 13.0 Å². The lowest BCUT2D eigenvalue weighted by atomic mass is 10.1. The van der Waals surface area contributed by atoms with Gasteiger partial charge in [0.25, 0.3) is 0 Å². The molecule has 2 aliphatic heterocycles. The molecule has 0 saturated carbocycles. The number of amides is 2. The van der Waals surface area contributed by atoms with Crippen molar-refractivity contribution in [3.05, 3.63) is 11.6 Å². The van der Waals surface area contributed by atoms with E-state index >= 15 is 0 Å². The molecule has 0 aliphatic carbocycles. The van der Waals surface area contributed by atoms with Crippen LogP contribution in [0, 0.1) is 0 Å². The molecule has 2 heterocycles.